The molecule has 0 heterocycles. The topological polar surface area (TPSA) is 50.9 Å². The third kappa shape index (κ3) is 3.35. The maximum Gasteiger partial charge on any atom is 0.359 e. The maximum absolute atomic E-state index is 11.8. The van der Waals surface area contributed by atoms with Crippen LogP contribution in [0.15, 0.2) is 12.2 Å². The fourth-order valence-electron chi connectivity index (χ4n) is 1.81. The summed E-state index contributed by atoms with van der Waals surface area (Å²) in [6.45, 7) is 8.20. The summed E-state index contributed by atoms with van der Waals surface area (Å²) in [5.74, 6) is -0.328. The van der Waals surface area contributed by atoms with Crippen molar-refractivity contribution in [2.75, 3.05) is 6.73 Å². The van der Waals surface area contributed by atoms with Gasteiger partial charge < -0.3 is 9.84 Å². The summed E-state index contributed by atoms with van der Waals surface area (Å²) in [6, 6.07) is 0. The molecule has 2 atom stereocenters. The first-order valence-corrected chi connectivity index (χ1v) is 5.44. The first-order valence-electron chi connectivity index (χ1n) is 5.44. The van der Waals surface area contributed by atoms with Gasteiger partial charge in [0.05, 0.1) is 11.5 Å². The molecule has 0 spiro atoms. The van der Waals surface area contributed by atoms with Crippen LogP contribution in [-0.4, -0.2) is 23.9 Å². The van der Waals surface area contributed by atoms with Crippen molar-refractivity contribution in [2.24, 2.45) is 5.41 Å². The Morgan fingerprint density at radius 2 is 2.44 bits per heavy atom. The van der Waals surface area contributed by atoms with Crippen LogP contribution in [0.5, 0.6) is 0 Å². The van der Waals surface area contributed by atoms with Crippen molar-refractivity contribution >= 4 is 5.97 Å². The number of rotatable bonds is 2. The van der Waals surface area contributed by atoms with E-state index in [0.29, 0.717) is 19.3 Å². The molecule has 0 radical (unpaired) electrons. The van der Waals surface area contributed by atoms with E-state index in [0.717, 1.165) is 6.42 Å². The van der Waals surface area contributed by atoms with Crippen molar-refractivity contribution in [3.63, 3.8) is 0 Å². The van der Waals surface area contributed by atoms with Gasteiger partial charge in [-0.2, -0.15) is 0 Å². The van der Waals surface area contributed by atoms with Gasteiger partial charge in [0.2, 0.25) is 0 Å². The molecule has 4 heteroatoms. The molecule has 1 rings (SSSR count). The lowest BCUT2D eigenvalue weighted by atomic mass is 9.79. The van der Waals surface area contributed by atoms with Crippen LogP contribution in [0.1, 0.15) is 32.6 Å². The molecule has 0 aromatic heterocycles. The molecular weight excluding hydrogens is 206 g/mol. The fourth-order valence-corrected chi connectivity index (χ4v) is 1.81. The number of hydrogen-bond donors (Lipinski definition) is 1. The van der Waals surface area contributed by atoms with Crippen LogP contribution in [0.4, 0.5) is 0 Å². The van der Waals surface area contributed by atoms with E-state index >= 15 is 0 Å². The minimum absolute atomic E-state index is 0.215. The van der Waals surface area contributed by atoms with Crippen LogP contribution in [0, 0.1) is 12.0 Å². The highest BCUT2D eigenvalue weighted by atomic mass is 16.5. The van der Waals surface area contributed by atoms with Crippen molar-refractivity contribution in [1.29, 1.82) is 0 Å². The van der Waals surface area contributed by atoms with E-state index in [2.05, 4.69) is 4.85 Å². The molecule has 0 fully saturated rings. The van der Waals surface area contributed by atoms with Crippen LogP contribution < -0.4 is 0 Å². The third-order valence-electron chi connectivity index (χ3n) is 2.97. The predicted molar refractivity (Wildman–Crippen MR) is 59.3 cm³/mol. The number of hydrogen-bond acceptors (Lipinski definition) is 3. The number of aliphatic hydroxyl groups is 1. The second-order valence-electron chi connectivity index (χ2n) is 4.35. The van der Waals surface area contributed by atoms with Gasteiger partial charge in [-0.3, -0.25) is 9.64 Å². The van der Waals surface area contributed by atoms with Crippen LogP contribution in [0.3, 0.4) is 0 Å². The van der Waals surface area contributed by atoms with E-state index in [1.54, 1.807) is 6.08 Å². The highest BCUT2D eigenvalue weighted by Crippen LogP contribution is 2.33. The molecule has 0 saturated heterocycles. The van der Waals surface area contributed by atoms with Crippen LogP contribution in [-0.2, 0) is 9.53 Å². The Morgan fingerprint density at radius 3 is 3.12 bits per heavy atom. The Bertz CT molecular complexity index is 319. The largest absolute Gasteiger partial charge is 0.393 e. The molecule has 0 aromatic rings. The minimum atomic E-state index is -0.573. The van der Waals surface area contributed by atoms with Gasteiger partial charge in [-0.05, 0) is 32.6 Å². The first kappa shape index (κ1) is 12.7. The lowest BCUT2D eigenvalue weighted by Gasteiger charge is -2.27. The summed E-state index contributed by atoms with van der Waals surface area (Å²) >= 11 is 0. The Balaban J connectivity index is 2.64. The Labute approximate surface area is 95.7 Å². The number of esters is 1. The summed E-state index contributed by atoms with van der Waals surface area (Å²) in [6.07, 6.45) is 5.78. The van der Waals surface area contributed by atoms with E-state index < -0.39 is 11.5 Å². The molecule has 0 aliphatic heterocycles. The summed E-state index contributed by atoms with van der Waals surface area (Å²) in [4.78, 5) is 14.8. The Kier molecular flexibility index (Phi) is 4.51. The van der Waals surface area contributed by atoms with E-state index in [-0.39, 0.29) is 12.7 Å². The van der Waals surface area contributed by atoms with E-state index in [9.17, 15) is 9.90 Å². The van der Waals surface area contributed by atoms with Gasteiger partial charge in [-0.1, -0.05) is 12.2 Å². The van der Waals surface area contributed by atoms with Crippen LogP contribution in [0.2, 0.25) is 0 Å². The molecule has 0 saturated carbocycles. The number of aliphatic hydroxyl groups excluding tert-OH is 1. The predicted octanol–water partition coefficient (Wildman–Crippen LogP) is 1.90. The van der Waals surface area contributed by atoms with Gasteiger partial charge in [0.25, 0.3) is 0 Å². The van der Waals surface area contributed by atoms with Crippen molar-refractivity contribution in [3.8, 4) is 0 Å². The minimum Gasteiger partial charge on any atom is -0.393 e. The highest BCUT2D eigenvalue weighted by molar-refractivity contribution is 5.76. The molecular formula is C12H17NO3. The molecule has 0 bridgehead atoms. The molecule has 0 amide bonds. The number of ether oxygens (including phenoxy) is 1. The molecule has 1 aliphatic carbocycles. The average Bonchev–Trinajstić information content (AvgIpc) is 2.26. The number of carbonyl (C=O) groups excluding carboxylic acids is 1. The lowest BCUT2D eigenvalue weighted by Crippen LogP contribution is -2.31. The molecule has 0 unspecified atom stereocenters. The highest BCUT2D eigenvalue weighted by Gasteiger charge is 2.35. The molecule has 88 valence electrons. The number of allylic oxidation sites excluding steroid dienone is 1. The van der Waals surface area contributed by atoms with Crippen LogP contribution in [0.25, 0.3) is 4.85 Å². The molecule has 1 N–H and O–H groups in total. The van der Waals surface area contributed by atoms with E-state index in [4.69, 9.17) is 11.3 Å². The quantitative estimate of drug-likeness (QED) is 0.442. The van der Waals surface area contributed by atoms with Crippen molar-refractivity contribution < 1.29 is 14.6 Å². The summed E-state index contributed by atoms with van der Waals surface area (Å²) in [5.41, 5.74) is -0.573. The van der Waals surface area contributed by atoms with Gasteiger partial charge in [-0.15, -0.1) is 0 Å². The summed E-state index contributed by atoms with van der Waals surface area (Å²) < 4.78 is 4.87. The molecule has 4 nitrogen and oxygen atoms in total. The van der Waals surface area contributed by atoms with E-state index in [1.165, 1.54) is 0 Å². The second-order valence-corrected chi connectivity index (χ2v) is 4.35. The molecule has 1 aliphatic rings. The SMILES string of the molecule is [C-]#[N+]COC(=O)[C@]1(C)CC/C=C/[C@H](O)CC1. The van der Waals surface area contributed by atoms with Gasteiger partial charge >= 0.3 is 12.7 Å². The standard InChI is InChI=1S/C12H17NO3/c1-12(11(15)16-9-13-2)7-4-3-5-10(14)6-8-12/h3,5,10,14H,4,6-9H2,1H3/b5-3+/t10-,12+/m0/s1. The van der Waals surface area contributed by atoms with E-state index in [1.807, 2.05) is 13.0 Å². The molecule has 0 aromatic carbocycles. The van der Waals surface area contributed by atoms with Gasteiger partial charge in [0.15, 0.2) is 0 Å². The van der Waals surface area contributed by atoms with Gasteiger partial charge in [-0.25, -0.2) is 6.57 Å². The maximum atomic E-state index is 11.8. The normalized spacial score (nSPS) is 31.9. The van der Waals surface area contributed by atoms with Crippen molar-refractivity contribution in [3.05, 3.63) is 23.6 Å². The summed E-state index contributed by atoms with van der Waals surface area (Å²) in [7, 11) is 0. The average molecular weight is 223 g/mol. The Hall–Kier alpha value is -1.34. The Morgan fingerprint density at radius 1 is 1.69 bits per heavy atom. The smallest absolute Gasteiger partial charge is 0.359 e. The van der Waals surface area contributed by atoms with Gasteiger partial charge in [0, 0.05) is 0 Å². The lowest BCUT2D eigenvalue weighted by molar-refractivity contribution is -0.154. The van der Waals surface area contributed by atoms with Crippen LogP contribution >= 0.6 is 0 Å². The van der Waals surface area contributed by atoms with Crippen molar-refractivity contribution in [1.82, 2.24) is 0 Å². The third-order valence-corrected chi connectivity index (χ3v) is 2.97. The summed E-state index contributed by atoms with van der Waals surface area (Å²) in [5, 5.41) is 9.52. The fraction of sp³-hybridized carbons (Fsp3) is 0.667. The number of carbonyl (C=O) groups is 1. The zero-order chi connectivity index (χ0) is 12.0. The van der Waals surface area contributed by atoms with Crippen molar-refractivity contribution in [2.45, 2.75) is 38.7 Å². The first-order chi connectivity index (χ1) is 7.58. The second kappa shape index (κ2) is 5.66. The molecule has 16 heavy (non-hydrogen) atoms. The zero-order valence-electron chi connectivity index (χ0n) is 9.48. The number of nitrogens with zero attached hydrogens (tertiary/aromatic N) is 1. The monoisotopic (exact) mass is 223 g/mol. The zero-order valence-corrected chi connectivity index (χ0v) is 9.48. The van der Waals surface area contributed by atoms with Gasteiger partial charge in [0.1, 0.15) is 0 Å².